The molecule has 1 aromatic heterocycles. The molecule has 0 spiro atoms. The Labute approximate surface area is 86.9 Å². The minimum Gasteiger partial charge on any atom is -0.468 e. The summed E-state index contributed by atoms with van der Waals surface area (Å²) in [4.78, 5) is 20.5. The largest absolute Gasteiger partial charge is 0.468 e. The molecule has 1 aromatic rings. The minimum atomic E-state index is -0.640. The highest BCUT2D eigenvalue weighted by Gasteiger charge is 2.18. The van der Waals surface area contributed by atoms with Gasteiger partial charge in [-0.3, -0.25) is 0 Å². The van der Waals surface area contributed by atoms with Crippen LogP contribution >= 0.6 is 15.9 Å². The highest BCUT2D eigenvalue weighted by molar-refractivity contribution is 9.10. The third kappa shape index (κ3) is 2.28. The van der Waals surface area contributed by atoms with E-state index in [2.05, 4.69) is 25.8 Å². The Morgan fingerprint density at radius 1 is 1.86 bits per heavy atom. The predicted octanol–water partition coefficient (Wildman–Crippen LogP) is 0.727. The normalized spacial score (nSPS) is 9.86. The van der Waals surface area contributed by atoms with E-state index in [9.17, 15) is 14.9 Å². The molecule has 0 aliphatic rings. The summed E-state index contributed by atoms with van der Waals surface area (Å²) in [5.41, 5.74) is 0. The number of hydrogen-bond donors (Lipinski definition) is 0. The molecule has 0 amide bonds. The molecule has 0 saturated heterocycles. The van der Waals surface area contributed by atoms with Crippen LogP contribution < -0.4 is 0 Å². The molecule has 0 aromatic carbocycles. The second kappa shape index (κ2) is 4.18. The zero-order chi connectivity index (χ0) is 10.7. The number of hydrogen-bond acceptors (Lipinski definition) is 5. The molecule has 0 N–H and O–H groups in total. The number of halogens is 1. The van der Waals surface area contributed by atoms with Gasteiger partial charge in [0.2, 0.25) is 0 Å². The molecular weight excluding hydrogens is 258 g/mol. The first kappa shape index (κ1) is 10.6. The van der Waals surface area contributed by atoms with Gasteiger partial charge in [0.25, 0.3) is 0 Å². The standard InChI is InChI=1S/C6H6BrN3O4/c1-14-6(11)3-9-4(7)2-5(8-9)10(12)13/h2H,3H2,1H3. The van der Waals surface area contributed by atoms with Gasteiger partial charge in [-0.05, 0) is 20.9 Å². The van der Waals surface area contributed by atoms with E-state index >= 15 is 0 Å². The third-order valence-corrected chi connectivity index (χ3v) is 2.05. The van der Waals surface area contributed by atoms with E-state index < -0.39 is 10.9 Å². The topological polar surface area (TPSA) is 87.3 Å². The third-order valence-electron chi connectivity index (χ3n) is 1.41. The van der Waals surface area contributed by atoms with Crippen LogP contribution in [-0.2, 0) is 16.1 Å². The van der Waals surface area contributed by atoms with Crippen LogP contribution in [0.15, 0.2) is 10.7 Å². The van der Waals surface area contributed by atoms with E-state index in [1.807, 2.05) is 0 Å². The second-order valence-electron chi connectivity index (χ2n) is 2.32. The van der Waals surface area contributed by atoms with E-state index in [0.29, 0.717) is 4.60 Å². The number of nitro groups is 1. The maximum Gasteiger partial charge on any atom is 0.391 e. The van der Waals surface area contributed by atoms with Crippen molar-refractivity contribution in [3.05, 3.63) is 20.8 Å². The van der Waals surface area contributed by atoms with Gasteiger partial charge in [0.1, 0.15) is 4.60 Å². The Morgan fingerprint density at radius 3 is 2.93 bits per heavy atom. The lowest BCUT2D eigenvalue weighted by Gasteiger charge is -1.95. The van der Waals surface area contributed by atoms with E-state index in [-0.39, 0.29) is 12.4 Å². The fraction of sp³-hybridized carbons (Fsp3) is 0.333. The minimum absolute atomic E-state index is 0.162. The zero-order valence-corrected chi connectivity index (χ0v) is 8.72. The smallest absolute Gasteiger partial charge is 0.391 e. The average Bonchev–Trinajstić information content (AvgIpc) is 2.48. The van der Waals surface area contributed by atoms with Crippen molar-refractivity contribution in [1.29, 1.82) is 0 Å². The molecule has 8 heteroatoms. The van der Waals surface area contributed by atoms with E-state index in [0.717, 1.165) is 4.68 Å². The molecule has 7 nitrogen and oxygen atoms in total. The van der Waals surface area contributed by atoms with Crippen molar-refractivity contribution in [2.75, 3.05) is 7.11 Å². The molecule has 0 bridgehead atoms. The van der Waals surface area contributed by atoms with E-state index in [1.54, 1.807) is 0 Å². The number of esters is 1. The Morgan fingerprint density at radius 2 is 2.50 bits per heavy atom. The molecule has 0 unspecified atom stereocenters. The summed E-state index contributed by atoms with van der Waals surface area (Å²) < 4.78 is 5.89. The first-order chi connectivity index (χ1) is 6.54. The highest BCUT2D eigenvalue weighted by Crippen LogP contribution is 2.17. The number of ether oxygens (including phenoxy) is 1. The van der Waals surface area contributed by atoms with Gasteiger partial charge in [-0.25, -0.2) is 4.79 Å². The van der Waals surface area contributed by atoms with Gasteiger partial charge in [0, 0.05) is 0 Å². The van der Waals surface area contributed by atoms with Gasteiger partial charge in [-0.1, -0.05) is 0 Å². The van der Waals surface area contributed by atoms with Crippen LogP contribution in [0.1, 0.15) is 0 Å². The molecule has 0 aliphatic carbocycles. The first-order valence-electron chi connectivity index (χ1n) is 3.49. The maximum atomic E-state index is 10.8. The number of aromatic nitrogens is 2. The van der Waals surface area contributed by atoms with Crippen LogP contribution in [0.5, 0.6) is 0 Å². The van der Waals surface area contributed by atoms with Crippen molar-refractivity contribution in [2.45, 2.75) is 6.54 Å². The van der Waals surface area contributed by atoms with Crippen molar-refractivity contribution in [1.82, 2.24) is 9.78 Å². The van der Waals surface area contributed by atoms with Crippen LogP contribution in [0.3, 0.4) is 0 Å². The number of methoxy groups -OCH3 is 1. The summed E-state index contributed by atoms with van der Waals surface area (Å²) in [6, 6.07) is 1.21. The lowest BCUT2D eigenvalue weighted by Crippen LogP contribution is -2.13. The fourth-order valence-corrected chi connectivity index (χ4v) is 1.18. The van der Waals surface area contributed by atoms with Gasteiger partial charge in [-0.15, -0.1) is 0 Å². The van der Waals surface area contributed by atoms with Gasteiger partial charge >= 0.3 is 11.8 Å². The first-order valence-corrected chi connectivity index (χ1v) is 4.28. The van der Waals surface area contributed by atoms with Crippen molar-refractivity contribution in [2.24, 2.45) is 0 Å². The summed E-state index contributed by atoms with van der Waals surface area (Å²) in [5.74, 6) is -0.843. The molecule has 76 valence electrons. The number of nitrogens with zero attached hydrogens (tertiary/aromatic N) is 3. The Bertz CT molecular complexity index is 375. The molecule has 14 heavy (non-hydrogen) atoms. The van der Waals surface area contributed by atoms with Crippen molar-refractivity contribution < 1.29 is 14.5 Å². The average molecular weight is 264 g/mol. The Kier molecular flexibility index (Phi) is 3.18. The monoisotopic (exact) mass is 263 g/mol. The van der Waals surface area contributed by atoms with Gasteiger partial charge in [0.05, 0.1) is 18.3 Å². The van der Waals surface area contributed by atoms with Crippen LogP contribution in [-0.4, -0.2) is 27.8 Å². The van der Waals surface area contributed by atoms with Crippen LogP contribution in [0, 0.1) is 10.1 Å². The van der Waals surface area contributed by atoms with Crippen molar-refractivity contribution >= 4 is 27.7 Å². The summed E-state index contributed by atoms with van der Waals surface area (Å²) in [5, 5.41) is 13.9. The van der Waals surface area contributed by atoms with Gasteiger partial charge < -0.3 is 14.9 Å². The molecular formula is C6H6BrN3O4. The molecule has 0 radical (unpaired) electrons. The summed E-state index contributed by atoms with van der Waals surface area (Å²) in [6.45, 7) is -0.162. The molecule has 0 atom stereocenters. The van der Waals surface area contributed by atoms with Crippen molar-refractivity contribution in [3.63, 3.8) is 0 Å². The van der Waals surface area contributed by atoms with Gasteiger partial charge in [0.15, 0.2) is 6.54 Å². The zero-order valence-electron chi connectivity index (χ0n) is 7.14. The molecule has 0 aliphatic heterocycles. The Balaban J connectivity index is 2.88. The number of carbonyl (C=O) groups is 1. The maximum absolute atomic E-state index is 10.8. The second-order valence-corrected chi connectivity index (χ2v) is 3.13. The lowest BCUT2D eigenvalue weighted by atomic mass is 10.6. The molecule has 1 heterocycles. The number of rotatable bonds is 3. The molecule has 0 saturated carbocycles. The Hall–Kier alpha value is -1.44. The quantitative estimate of drug-likeness (QED) is 0.456. The van der Waals surface area contributed by atoms with Crippen LogP contribution in [0.4, 0.5) is 5.82 Å². The molecule has 1 rings (SSSR count). The fourth-order valence-electron chi connectivity index (χ4n) is 0.768. The van der Waals surface area contributed by atoms with Crippen molar-refractivity contribution in [3.8, 4) is 0 Å². The van der Waals surface area contributed by atoms with Crippen LogP contribution in [0.25, 0.3) is 0 Å². The van der Waals surface area contributed by atoms with Gasteiger partial charge in [-0.2, -0.15) is 4.68 Å². The lowest BCUT2D eigenvalue weighted by molar-refractivity contribution is -0.389. The highest BCUT2D eigenvalue weighted by atomic mass is 79.9. The summed E-state index contributed by atoms with van der Waals surface area (Å²) in [7, 11) is 1.23. The van der Waals surface area contributed by atoms with Crippen LogP contribution in [0.2, 0.25) is 0 Å². The van der Waals surface area contributed by atoms with E-state index in [1.165, 1.54) is 13.2 Å². The summed E-state index contributed by atoms with van der Waals surface area (Å²) in [6.07, 6.45) is 0. The SMILES string of the molecule is COC(=O)Cn1nc([N+](=O)[O-])cc1Br. The predicted molar refractivity (Wildman–Crippen MR) is 48.6 cm³/mol. The number of carbonyl (C=O) groups excluding carboxylic acids is 1. The molecule has 0 fully saturated rings. The summed E-state index contributed by atoms with van der Waals surface area (Å²) >= 11 is 3.03. The van der Waals surface area contributed by atoms with E-state index in [4.69, 9.17) is 0 Å².